The Bertz CT molecular complexity index is 1320. The minimum absolute atomic E-state index is 0.241. The Morgan fingerprint density at radius 3 is 2.47 bits per heavy atom. The van der Waals surface area contributed by atoms with Gasteiger partial charge in [-0.1, -0.05) is 31.2 Å². The first-order valence-corrected chi connectivity index (χ1v) is 10.1. The Labute approximate surface area is 184 Å². The number of ether oxygens (including phenoxy) is 2. The summed E-state index contributed by atoms with van der Waals surface area (Å²) in [5.74, 6) is 0.640. The van der Waals surface area contributed by atoms with Crippen LogP contribution in [-0.4, -0.2) is 39.5 Å². The van der Waals surface area contributed by atoms with Gasteiger partial charge >= 0.3 is 0 Å². The number of aryl methyl sites for hydroxylation is 1. The Morgan fingerprint density at radius 1 is 1.03 bits per heavy atom. The van der Waals surface area contributed by atoms with Crippen LogP contribution >= 0.6 is 0 Å². The molecule has 4 aromatic rings. The molecule has 2 aromatic carbocycles. The zero-order chi connectivity index (χ0) is 22.7. The maximum Gasteiger partial charge on any atom is 0.293 e. The van der Waals surface area contributed by atoms with Crippen LogP contribution in [0.15, 0.2) is 59.7 Å². The topological polar surface area (TPSA) is 99.8 Å². The lowest BCUT2D eigenvalue weighted by Gasteiger charge is -2.11. The SMILES string of the molecule is CCc1ccc(-c2cc3c(=O)n(CC(=O)Nc4ccc(OC)c(OC)c4)ncn3n2)cc1. The van der Waals surface area contributed by atoms with E-state index in [9.17, 15) is 9.59 Å². The molecule has 0 aliphatic heterocycles. The Balaban J connectivity index is 1.55. The third kappa shape index (κ3) is 4.18. The van der Waals surface area contributed by atoms with Gasteiger partial charge in [-0.3, -0.25) is 9.59 Å². The molecule has 0 aliphatic carbocycles. The van der Waals surface area contributed by atoms with Gasteiger partial charge in [0.05, 0.1) is 19.9 Å². The molecule has 2 heterocycles. The van der Waals surface area contributed by atoms with Gasteiger partial charge in [-0.2, -0.15) is 10.2 Å². The van der Waals surface area contributed by atoms with Crippen LogP contribution in [0.1, 0.15) is 12.5 Å². The van der Waals surface area contributed by atoms with Crippen molar-refractivity contribution in [3.63, 3.8) is 0 Å². The van der Waals surface area contributed by atoms with Gasteiger partial charge in [-0.05, 0) is 30.2 Å². The molecule has 0 aliphatic rings. The summed E-state index contributed by atoms with van der Waals surface area (Å²) in [6, 6.07) is 14.7. The monoisotopic (exact) mass is 433 g/mol. The smallest absolute Gasteiger partial charge is 0.293 e. The number of fused-ring (bicyclic) bond motifs is 1. The number of hydrogen-bond donors (Lipinski definition) is 1. The van der Waals surface area contributed by atoms with Gasteiger partial charge < -0.3 is 14.8 Å². The van der Waals surface area contributed by atoms with E-state index in [0.717, 1.165) is 16.7 Å². The molecule has 0 saturated heterocycles. The summed E-state index contributed by atoms with van der Waals surface area (Å²) in [5, 5.41) is 11.3. The van der Waals surface area contributed by atoms with Crippen molar-refractivity contribution in [2.45, 2.75) is 19.9 Å². The molecule has 164 valence electrons. The van der Waals surface area contributed by atoms with Crippen molar-refractivity contribution >= 4 is 17.1 Å². The summed E-state index contributed by atoms with van der Waals surface area (Å²) < 4.78 is 13.0. The van der Waals surface area contributed by atoms with E-state index in [0.29, 0.717) is 28.4 Å². The lowest BCUT2D eigenvalue weighted by molar-refractivity contribution is -0.117. The van der Waals surface area contributed by atoms with Crippen LogP contribution < -0.4 is 20.3 Å². The Hall–Kier alpha value is -4.14. The average molecular weight is 433 g/mol. The van der Waals surface area contributed by atoms with E-state index >= 15 is 0 Å². The lowest BCUT2D eigenvalue weighted by atomic mass is 10.1. The van der Waals surface area contributed by atoms with Crippen molar-refractivity contribution in [3.05, 3.63) is 70.8 Å². The van der Waals surface area contributed by atoms with Crippen molar-refractivity contribution in [1.82, 2.24) is 19.4 Å². The summed E-state index contributed by atoms with van der Waals surface area (Å²) in [5.41, 5.74) is 3.25. The summed E-state index contributed by atoms with van der Waals surface area (Å²) in [6.07, 6.45) is 2.37. The number of aromatic nitrogens is 4. The van der Waals surface area contributed by atoms with Crippen LogP contribution in [0.5, 0.6) is 11.5 Å². The van der Waals surface area contributed by atoms with Gasteiger partial charge in [0.25, 0.3) is 5.56 Å². The molecule has 1 amide bonds. The average Bonchev–Trinajstić information content (AvgIpc) is 3.26. The van der Waals surface area contributed by atoms with E-state index in [1.807, 2.05) is 24.3 Å². The number of nitrogens with one attached hydrogen (secondary N) is 1. The predicted octanol–water partition coefficient (Wildman–Crippen LogP) is 2.78. The van der Waals surface area contributed by atoms with Crippen molar-refractivity contribution < 1.29 is 14.3 Å². The van der Waals surface area contributed by atoms with Crippen LogP contribution in [0.3, 0.4) is 0 Å². The molecule has 32 heavy (non-hydrogen) atoms. The van der Waals surface area contributed by atoms with Gasteiger partial charge in [0.1, 0.15) is 18.4 Å². The second kappa shape index (κ2) is 8.93. The predicted molar refractivity (Wildman–Crippen MR) is 120 cm³/mol. The largest absolute Gasteiger partial charge is 0.493 e. The fourth-order valence-electron chi connectivity index (χ4n) is 3.35. The molecule has 0 unspecified atom stereocenters. The number of carbonyl (C=O) groups excluding carboxylic acids is 1. The summed E-state index contributed by atoms with van der Waals surface area (Å²) in [4.78, 5) is 25.4. The van der Waals surface area contributed by atoms with E-state index in [4.69, 9.17) is 9.47 Å². The highest BCUT2D eigenvalue weighted by molar-refractivity contribution is 5.90. The molecule has 0 bridgehead atoms. The van der Waals surface area contributed by atoms with Crippen LogP contribution in [0, 0.1) is 0 Å². The molecular weight excluding hydrogens is 410 g/mol. The number of methoxy groups -OCH3 is 2. The van der Waals surface area contributed by atoms with Crippen LogP contribution in [-0.2, 0) is 17.8 Å². The minimum atomic E-state index is -0.404. The first-order valence-electron chi connectivity index (χ1n) is 10.1. The van der Waals surface area contributed by atoms with Gasteiger partial charge in [0, 0.05) is 17.3 Å². The third-order valence-corrected chi connectivity index (χ3v) is 5.11. The van der Waals surface area contributed by atoms with E-state index < -0.39 is 11.5 Å². The molecule has 9 heteroatoms. The van der Waals surface area contributed by atoms with E-state index in [2.05, 4.69) is 22.4 Å². The molecule has 9 nitrogen and oxygen atoms in total. The molecule has 0 radical (unpaired) electrons. The molecule has 0 fully saturated rings. The van der Waals surface area contributed by atoms with Crippen LogP contribution in [0.4, 0.5) is 5.69 Å². The first-order chi connectivity index (χ1) is 15.5. The highest BCUT2D eigenvalue weighted by Gasteiger charge is 2.13. The van der Waals surface area contributed by atoms with Crippen molar-refractivity contribution in [1.29, 1.82) is 0 Å². The molecule has 4 rings (SSSR count). The zero-order valence-corrected chi connectivity index (χ0v) is 18.0. The number of hydrogen-bond acceptors (Lipinski definition) is 6. The van der Waals surface area contributed by atoms with Crippen molar-refractivity contribution in [2.24, 2.45) is 0 Å². The fraction of sp³-hybridized carbons (Fsp3) is 0.217. The van der Waals surface area contributed by atoms with Gasteiger partial charge in [-0.25, -0.2) is 9.20 Å². The normalized spacial score (nSPS) is 10.8. The molecule has 1 N–H and O–H groups in total. The molecule has 2 aromatic heterocycles. The number of anilines is 1. The number of benzene rings is 2. The second-order valence-electron chi connectivity index (χ2n) is 7.12. The highest BCUT2D eigenvalue weighted by atomic mass is 16.5. The van der Waals surface area contributed by atoms with Gasteiger partial charge in [-0.15, -0.1) is 0 Å². The number of amides is 1. The lowest BCUT2D eigenvalue weighted by Crippen LogP contribution is -2.30. The van der Waals surface area contributed by atoms with Gasteiger partial charge in [0.2, 0.25) is 5.91 Å². The molecule has 0 spiro atoms. The summed E-state index contributed by atoms with van der Waals surface area (Å²) >= 11 is 0. The Morgan fingerprint density at radius 2 is 1.78 bits per heavy atom. The second-order valence-corrected chi connectivity index (χ2v) is 7.12. The Kier molecular flexibility index (Phi) is 5.89. The summed E-state index contributed by atoms with van der Waals surface area (Å²) in [7, 11) is 3.05. The van der Waals surface area contributed by atoms with Crippen LogP contribution in [0.2, 0.25) is 0 Å². The van der Waals surface area contributed by atoms with Crippen molar-refractivity contribution in [2.75, 3.05) is 19.5 Å². The molecular formula is C23H23N5O4. The summed E-state index contributed by atoms with van der Waals surface area (Å²) in [6.45, 7) is 1.85. The quantitative estimate of drug-likeness (QED) is 0.481. The number of carbonyl (C=O) groups is 1. The number of rotatable bonds is 7. The van der Waals surface area contributed by atoms with Crippen molar-refractivity contribution in [3.8, 4) is 22.8 Å². The van der Waals surface area contributed by atoms with E-state index in [1.54, 1.807) is 24.3 Å². The molecule has 0 saturated carbocycles. The first kappa shape index (κ1) is 21.1. The third-order valence-electron chi connectivity index (χ3n) is 5.11. The van der Waals surface area contributed by atoms with E-state index in [1.165, 1.54) is 30.6 Å². The maximum atomic E-state index is 12.9. The number of nitrogens with zero attached hydrogens (tertiary/aromatic N) is 4. The standard InChI is InChI=1S/C23H23N5O4/c1-4-15-5-7-16(8-6-15)18-12-19-23(30)27(24-14-28(19)26-18)13-22(29)25-17-9-10-20(31-2)21(11-17)32-3/h5-12,14H,4,13H2,1-3H3,(H,25,29). The minimum Gasteiger partial charge on any atom is -0.493 e. The highest BCUT2D eigenvalue weighted by Crippen LogP contribution is 2.29. The zero-order valence-electron chi connectivity index (χ0n) is 18.0. The fourth-order valence-corrected chi connectivity index (χ4v) is 3.35. The molecule has 0 atom stereocenters. The maximum absolute atomic E-state index is 12.9. The van der Waals surface area contributed by atoms with Crippen LogP contribution in [0.25, 0.3) is 16.8 Å². The van der Waals surface area contributed by atoms with E-state index in [-0.39, 0.29) is 6.54 Å². The van der Waals surface area contributed by atoms with Gasteiger partial charge in [0.15, 0.2) is 11.5 Å².